The monoisotopic (exact) mass is 282 g/mol. The standard InChI is InChI=1S/C15H27N3O2/c1-17(2)15(20)10-16-14(19)11-18-9-5-7-12-6-3-4-8-13(12)18/h12-13H,3-11H2,1-2H3,(H,16,19)/p+1/t12-,13+/m1/s1. The van der Waals surface area contributed by atoms with Gasteiger partial charge in [0.05, 0.1) is 19.1 Å². The molecule has 1 saturated carbocycles. The molecule has 20 heavy (non-hydrogen) atoms. The van der Waals surface area contributed by atoms with Gasteiger partial charge in [-0.25, -0.2) is 0 Å². The Balaban J connectivity index is 1.79. The van der Waals surface area contributed by atoms with Gasteiger partial charge in [0.15, 0.2) is 6.54 Å². The van der Waals surface area contributed by atoms with Crippen LogP contribution in [-0.2, 0) is 9.59 Å². The maximum absolute atomic E-state index is 12.0. The van der Waals surface area contributed by atoms with Crippen molar-refractivity contribution in [1.82, 2.24) is 10.2 Å². The molecule has 2 aliphatic rings. The molecule has 1 aliphatic carbocycles. The molecule has 1 saturated heterocycles. The van der Waals surface area contributed by atoms with Crippen LogP contribution in [0, 0.1) is 5.92 Å². The van der Waals surface area contributed by atoms with Crippen molar-refractivity contribution in [3.63, 3.8) is 0 Å². The zero-order valence-corrected chi connectivity index (χ0v) is 12.8. The molecule has 2 rings (SSSR count). The molecule has 0 radical (unpaired) electrons. The SMILES string of the molecule is CN(C)C(=O)CNC(=O)C[NH+]1CCC[C@H]2CCCC[C@@H]21. The van der Waals surface area contributed by atoms with Crippen molar-refractivity contribution in [3.8, 4) is 0 Å². The Labute approximate surface area is 121 Å². The highest BCUT2D eigenvalue weighted by Crippen LogP contribution is 2.28. The molecule has 0 spiro atoms. The van der Waals surface area contributed by atoms with Crippen molar-refractivity contribution < 1.29 is 14.5 Å². The molecule has 0 bridgehead atoms. The maximum atomic E-state index is 12.0. The van der Waals surface area contributed by atoms with Gasteiger partial charge in [-0.3, -0.25) is 9.59 Å². The van der Waals surface area contributed by atoms with Gasteiger partial charge >= 0.3 is 0 Å². The number of hydrogen-bond donors (Lipinski definition) is 2. The molecule has 0 aromatic rings. The highest BCUT2D eigenvalue weighted by Gasteiger charge is 2.37. The lowest BCUT2D eigenvalue weighted by Gasteiger charge is -2.40. The third kappa shape index (κ3) is 3.95. The van der Waals surface area contributed by atoms with Crippen LogP contribution >= 0.6 is 0 Å². The number of likely N-dealkylation sites (tertiary alicyclic amines) is 1. The second-order valence-electron chi connectivity index (χ2n) is 6.44. The van der Waals surface area contributed by atoms with Gasteiger partial charge in [0.25, 0.3) is 5.91 Å². The van der Waals surface area contributed by atoms with Crippen molar-refractivity contribution >= 4 is 11.8 Å². The fraction of sp³-hybridized carbons (Fsp3) is 0.867. The molecule has 1 heterocycles. The van der Waals surface area contributed by atoms with Crippen LogP contribution in [0.1, 0.15) is 38.5 Å². The zero-order valence-electron chi connectivity index (χ0n) is 12.8. The fourth-order valence-electron chi connectivity index (χ4n) is 3.69. The average molecular weight is 282 g/mol. The Morgan fingerprint density at radius 3 is 2.60 bits per heavy atom. The number of likely N-dealkylation sites (N-methyl/N-ethyl adjacent to an activating group) is 1. The summed E-state index contributed by atoms with van der Waals surface area (Å²) in [7, 11) is 3.41. The van der Waals surface area contributed by atoms with Gasteiger partial charge in [-0.15, -0.1) is 0 Å². The van der Waals surface area contributed by atoms with Gasteiger partial charge in [0, 0.05) is 20.0 Å². The fourth-order valence-corrected chi connectivity index (χ4v) is 3.69. The maximum Gasteiger partial charge on any atom is 0.275 e. The zero-order chi connectivity index (χ0) is 14.5. The predicted octanol–water partition coefficient (Wildman–Crippen LogP) is -0.572. The first-order chi connectivity index (χ1) is 9.58. The van der Waals surface area contributed by atoms with E-state index in [0.717, 1.165) is 12.5 Å². The quantitative estimate of drug-likeness (QED) is 0.725. The summed E-state index contributed by atoms with van der Waals surface area (Å²) in [5, 5.41) is 2.76. The highest BCUT2D eigenvalue weighted by molar-refractivity contribution is 5.84. The molecule has 5 nitrogen and oxygen atoms in total. The van der Waals surface area contributed by atoms with Crippen LogP contribution in [0.5, 0.6) is 0 Å². The van der Waals surface area contributed by atoms with Gasteiger partial charge < -0.3 is 15.1 Å². The number of nitrogens with zero attached hydrogens (tertiary/aromatic N) is 1. The van der Waals surface area contributed by atoms with E-state index in [1.807, 2.05) is 0 Å². The van der Waals surface area contributed by atoms with Gasteiger partial charge in [-0.2, -0.15) is 0 Å². The normalized spacial score (nSPS) is 29.4. The van der Waals surface area contributed by atoms with Crippen LogP contribution in [0.15, 0.2) is 0 Å². The average Bonchev–Trinajstić information content (AvgIpc) is 2.45. The van der Waals surface area contributed by atoms with Crippen LogP contribution in [0.4, 0.5) is 0 Å². The van der Waals surface area contributed by atoms with E-state index in [4.69, 9.17) is 0 Å². The number of fused-ring (bicyclic) bond motifs is 1. The molecule has 2 amide bonds. The number of rotatable bonds is 4. The van der Waals surface area contributed by atoms with E-state index in [9.17, 15) is 9.59 Å². The van der Waals surface area contributed by atoms with E-state index >= 15 is 0 Å². The summed E-state index contributed by atoms with van der Waals surface area (Å²) < 4.78 is 0. The van der Waals surface area contributed by atoms with Crippen molar-refractivity contribution in [3.05, 3.63) is 0 Å². The van der Waals surface area contributed by atoms with E-state index in [0.29, 0.717) is 12.6 Å². The van der Waals surface area contributed by atoms with Crippen molar-refractivity contribution in [2.45, 2.75) is 44.6 Å². The Morgan fingerprint density at radius 2 is 1.85 bits per heavy atom. The Bertz CT molecular complexity index is 355. The number of hydrogen-bond acceptors (Lipinski definition) is 2. The second kappa shape index (κ2) is 7.07. The van der Waals surface area contributed by atoms with E-state index in [2.05, 4.69) is 5.32 Å². The number of quaternary nitrogens is 1. The summed E-state index contributed by atoms with van der Waals surface area (Å²) in [5.74, 6) is 0.785. The smallest absolute Gasteiger partial charge is 0.275 e. The molecule has 3 atom stereocenters. The van der Waals surface area contributed by atoms with E-state index < -0.39 is 0 Å². The predicted molar refractivity (Wildman–Crippen MR) is 77.4 cm³/mol. The third-order valence-corrected chi connectivity index (χ3v) is 4.83. The number of nitrogens with one attached hydrogen (secondary N) is 2. The van der Waals surface area contributed by atoms with Crippen LogP contribution in [0.2, 0.25) is 0 Å². The highest BCUT2D eigenvalue weighted by atomic mass is 16.2. The van der Waals surface area contributed by atoms with Gasteiger partial charge in [-0.05, 0) is 32.1 Å². The van der Waals surface area contributed by atoms with Gasteiger partial charge in [0.2, 0.25) is 5.91 Å². The summed E-state index contributed by atoms with van der Waals surface area (Å²) in [6, 6.07) is 0.674. The Kier molecular flexibility index (Phi) is 5.40. The molecule has 1 unspecified atom stereocenters. The first kappa shape index (κ1) is 15.3. The van der Waals surface area contributed by atoms with Crippen LogP contribution in [0.25, 0.3) is 0 Å². The van der Waals surface area contributed by atoms with E-state index in [1.54, 1.807) is 14.1 Å². The minimum Gasteiger partial charge on any atom is -0.347 e. The molecule has 114 valence electrons. The summed E-state index contributed by atoms with van der Waals surface area (Å²) in [6.07, 6.45) is 7.86. The molecule has 0 aromatic carbocycles. The lowest BCUT2D eigenvalue weighted by Crippen LogP contribution is -3.18. The van der Waals surface area contributed by atoms with E-state index in [-0.39, 0.29) is 18.4 Å². The van der Waals surface area contributed by atoms with Crippen LogP contribution in [-0.4, -0.2) is 56.5 Å². The molecule has 2 fully saturated rings. The second-order valence-corrected chi connectivity index (χ2v) is 6.44. The minimum atomic E-state index is -0.0532. The largest absolute Gasteiger partial charge is 0.347 e. The summed E-state index contributed by atoms with van der Waals surface area (Å²) in [6.45, 7) is 1.76. The Hall–Kier alpha value is -1.10. The molecular weight excluding hydrogens is 254 g/mol. The third-order valence-electron chi connectivity index (χ3n) is 4.83. The number of carbonyl (C=O) groups excluding carboxylic acids is 2. The summed E-state index contributed by atoms with van der Waals surface area (Å²) in [5.41, 5.74) is 0. The first-order valence-corrected chi connectivity index (χ1v) is 7.89. The first-order valence-electron chi connectivity index (χ1n) is 7.89. The lowest BCUT2D eigenvalue weighted by atomic mass is 9.78. The van der Waals surface area contributed by atoms with Crippen molar-refractivity contribution in [2.75, 3.05) is 33.7 Å². The van der Waals surface area contributed by atoms with Crippen molar-refractivity contribution in [2.24, 2.45) is 5.92 Å². The van der Waals surface area contributed by atoms with Gasteiger partial charge in [0.1, 0.15) is 0 Å². The summed E-state index contributed by atoms with van der Waals surface area (Å²) in [4.78, 5) is 26.4. The number of amides is 2. The lowest BCUT2D eigenvalue weighted by molar-refractivity contribution is -0.928. The molecular formula is C15H28N3O2+. The molecule has 0 aromatic heterocycles. The number of carbonyl (C=O) groups is 2. The summed E-state index contributed by atoms with van der Waals surface area (Å²) >= 11 is 0. The topological polar surface area (TPSA) is 53.9 Å². The molecule has 5 heteroatoms. The minimum absolute atomic E-state index is 0.0152. The van der Waals surface area contributed by atoms with Crippen LogP contribution in [0.3, 0.4) is 0 Å². The molecule has 1 aliphatic heterocycles. The van der Waals surface area contributed by atoms with Gasteiger partial charge in [-0.1, -0.05) is 6.42 Å². The number of piperidine rings is 1. The van der Waals surface area contributed by atoms with Crippen molar-refractivity contribution in [1.29, 1.82) is 0 Å². The van der Waals surface area contributed by atoms with Crippen LogP contribution < -0.4 is 10.2 Å². The Morgan fingerprint density at radius 1 is 1.15 bits per heavy atom. The van der Waals surface area contributed by atoms with E-state index in [1.165, 1.54) is 48.3 Å². The molecule has 2 N–H and O–H groups in total.